The standard InChI is InChI=1S/C11H7BrF2N2O/c12-6-1-2-8(7(13)5-6)16-9-3-4-15-11(17)10(9)14/h1-5H,(H2,15,16,17). The van der Waals surface area contributed by atoms with Crippen LogP contribution in [0.15, 0.2) is 39.7 Å². The number of halogens is 3. The summed E-state index contributed by atoms with van der Waals surface area (Å²) in [6, 6.07) is 5.61. The minimum absolute atomic E-state index is 0.0741. The average Bonchev–Trinajstić information content (AvgIpc) is 2.28. The molecule has 2 aromatic rings. The molecule has 0 radical (unpaired) electrons. The van der Waals surface area contributed by atoms with E-state index in [1.807, 2.05) is 0 Å². The summed E-state index contributed by atoms with van der Waals surface area (Å²) < 4.78 is 27.4. The van der Waals surface area contributed by atoms with Crippen molar-refractivity contribution < 1.29 is 8.78 Å². The highest BCUT2D eigenvalue weighted by Crippen LogP contribution is 2.23. The molecule has 0 unspecified atom stereocenters. The molecule has 0 saturated carbocycles. The summed E-state index contributed by atoms with van der Waals surface area (Å²) >= 11 is 3.11. The van der Waals surface area contributed by atoms with Crippen LogP contribution in [0.25, 0.3) is 0 Å². The Balaban J connectivity index is 2.38. The van der Waals surface area contributed by atoms with Gasteiger partial charge < -0.3 is 10.3 Å². The summed E-state index contributed by atoms with van der Waals surface area (Å²) in [5, 5.41) is 2.52. The number of anilines is 2. The fraction of sp³-hybridized carbons (Fsp3) is 0. The minimum atomic E-state index is -0.977. The van der Waals surface area contributed by atoms with Crippen molar-refractivity contribution in [3.63, 3.8) is 0 Å². The highest BCUT2D eigenvalue weighted by atomic mass is 79.9. The lowest BCUT2D eigenvalue weighted by Crippen LogP contribution is -2.12. The maximum absolute atomic E-state index is 13.5. The molecule has 2 rings (SSSR count). The number of benzene rings is 1. The molecular formula is C11H7BrF2N2O. The van der Waals surface area contributed by atoms with Gasteiger partial charge in [-0.05, 0) is 24.3 Å². The molecule has 17 heavy (non-hydrogen) atoms. The SMILES string of the molecule is O=c1[nH]ccc(Nc2ccc(Br)cc2F)c1F. The first-order valence-corrected chi connectivity index (χ1v) is 5.46. The van der Waals surface area contributed by atoms with E-state index in [-0.39, 0.29) is 11.4 Å². The second-order valence-corrected chi connectivity index (χ2v) is 4.20. The van der Waals surface area contributed by atoms with E-state index >= 15 is 0 Å². The molecule has 1 aromatic heterocycles. The van der Waals surface area contributed by atoms with Crippen LogP contribution in [0.1, 0.15) is 0 Å². The number of aromatic nitrogens is 1. The van der Waals surface area contributed by atoms with Crippen LogP contribution in [0.5, 0.6) is 0 Å². The van der Waals surface area contributed by atoms with E-state index in [9.17, 15) is 13.6 Å². The fourth-order valence-corrected chi connectivity index (χ4v) is 1.63. The number of H-pyrrole nitrogens is 1. The number of rotatable bonds is 2. The quantitative estimate of drug-likeness (QED) is 0.895. The Hall–Kier alpha value is -1.69. The molecule has 0 spiro atoms. The number of hydrogen-bond donors (Lipinski definition) is 2. The first kappa shape index (κ1) is 11.8. The third-order valence-corrected chi connectivity index (χ3v) is 2.59. The van der Waals surface area contributed by atoms with Gasteiger partial charge in [0, 0.05) is 10.7 Å². The van der Waals surface area contributed by atoms with E-state index in [0.29, 0.717) is 4.47 Å². The number of aromatic amines is 1. The average molecular weight is 301 g/mol. The van der Waals surface area contributed by atoms with Crippen molar-refractivity contribution in [2.24, 2.45) is 0 Å². The van der Waals surface area contributed by atoms with Crippen LogP contribution in [0, 0.1) is 11.6 Å². The van der Waals surface area contributed by atoms with Crippen LogP contribution in [0.2, 0.25) is 0 Å². The third-order valence-electron chi connectivity index (χ3n) is 2.10. The summed E-state index contributed by atoms with van der Waals surface area (Å²) in [4.78, 5) is 13.2. The van der Waals surface area contributed by atoms with Gasteiger partial charge >= 0.3 is 0 Å². The summed E-state index contributed by atoms with van der Waals surface area (Å²) in [6.07, 6.45) is 1.28. The van der Waals surface area contributed by atoms with Crippen molar-refractivity contribution >= 4 is 27.3 Å². The van der Waals surface area contributed by atoms with Gasteiger partial charge in [-0.15, -0.1) is 0 Å². The molecular weight excluding hydrogens is 294 g/mol. The molecule has 0 bridgehead atoms. The third kappa shape index (κ3) is 2.52. The van der Waals surface area contributed by atoms with Crippen molar-refractivity contribution in [1.29, 1.82) is 0 Å². The Morgan fingerprint density at radius 2 is 1.94 bits per heavy atom. The van der Waals surface area contributed by atoms with Crippen LogP contribution in [0.3, 0.4) is 0 Å². The maximum Gasteiger partial charge on any atom is 0.286 e. The van der Waals surface area contributed by atoms with Crippen molar-refractivity contribution in [2.75, 3.05) is 5.32 Å². The van der Waals surface area contributed by atoms with Crippen molar-refractivity contribution in [1.82, 2.24) is 4.98 Å². The van der Waals surface area contributed by atoms with Crippen LogP contribution in [-0.2, 0) is 0 Å². The second kappa shape index (κ2) is 4.67. The van der Waals surface area contributed by atoms with Gasteiger partial charge in [0.2, 0.25) is 5.82 Å². The van der Waals surface area contributed by atoms with Gasteiger partial charge in [0.1, 0.15) is 5.82 Å². The number of hydrogen-bond acceptors (Lipinski definition) is 2. The zero-order valence-electron chi connectivity index (χ0n) is 8.43. The zero-order valence-corrected chi connectivity index (χ0v) is 10.0. The molecule has 1 aromatic carbocycles. The van der Waals surface area contributed by atoms with E-state index in [1.54, 1.807) is 6.07 Å². The van der Waals surface area contributed by atoms with E-state index in [4.69, 9.17) is 0 Å². The van der Waals surface area contributed by atoms with Crippen molar-refractivity contribution in [3.05, 3.63) is 56.9 Å². The topological polar surface area (TPSA) is 44.9 Å². The van der Waals surface area contributed by atoms with Gasteiger partial charge in [0.05, 0.1) is 11.4 Å². The summed E-state index contributed by atoms with van der Waals surface area (Å²) in [5.41, 5.74) is -0.833. The predicted octanol–water partition coefficient (Wildman–Crippen LogP) is 3.16. The first-order valence-electron chi connectivity index (χ1n) is 4.67. The Morgan fingerprint density at radius 1 is 1.18 bits per heavy atom. The lowest BCUT2D eigenvalue weighted by atomic mass is 10.3. The van der Waals surface area contributed by atoms with Crippen LogP contribution >= 0.6 is 15.9 Å². The molecule has 0 amide bonds. The smallest absolute Gasteiger partial charge is 0.286 e. The van der Waals surface area contributed by atoms with Gasteiger partial charge in [0.15, 0.2) is 0 Å². The van der Waals surface area contributed by atoms with Gasteiger partial charge in [-0.2, -0.15) is 4.39 Å². The molecule has 88 valence electrons. The van der Waals surface area contributed by atoms with E-state index in [2.05, 4.69) is 26.2 Å². The predicted molar refractivity (Wildman–Crippen MR) is 64.4 cm³/mol. The molecule has 0 aliphatic heterocycles. The summed E-state index contributed by atoms with van der Waals surface area (Å²) in [5.74, 6) is -1.52. The summed E-state index contributed by atoms with van der Waals surface area (Å²) in [6.45, 7) is 0. The molecule has 0 saturated heterocycles. The fourth-order valence-electron chi connectivity index (χ4n) is 1.29. The van der Waals surface area contributed by atoms with Gasteiger partial charge in [-0.1, -0.05) is 15.9 Å². The van der Waals surface area contributed by atoms with Crippen molar-refractivity contribution in [2.45, 2.75) is 0 Å². The molecule has 0 aliphatic carbocycles. The summed E-state index contributed by atoms with van der Waals surface area (Å²) in [7, 11) is 0. The molecule has 0 atom stereocenters. The highest BCUT2D eigenvalue weighted by Gasteiger charge is 2.08. The van der Waals surface area contributed by atoms with Crippen LogP contribution in [-0.4, -0.2) is 4.98 Å². The molecule has 1 heterocycles. The van der Waals surface area contributed by atoms with Crippen LogP contribution < -0.4 is 10.9 Å². The molecule has 6 heteroatoms. The molecule has 0 aliphatic rings. The Kier molecular flexibility index (Phi) is 3.23. The van der Waals surface area contributed by atoms with Crippen LogP contribution in [0.4, 0.5) is 20.2 Å². The lowest BCUT2D eigenvalue weighted by molar-refractivity contribution is 0.611. The zero-order chi connectivity index (χ0) is 12.4. The molecule has 0 fully saturated rings. The highest BCUT2D eigenvalue weighted by molar-refractivity contribution is 9.10. The van der Waals surface area contributed by atoms with Gasteiger partial charge in [0.25, 0.3) is 5.56 Å². The monoisotopic (exact) mass is 300 g/mol. The van der Waals surface area contributed by atoms with E-state index in [1.165, 1.54) is 24.4 Å². The molecule has 3 nitrogen and oxygen atoms in total. The first-order chi connectivity index (χ1) is 8.08. The maximum atomic E-state index is 13.5. The van der Waals surface area contributed by atoms with Crippen molar-refractivity contribution in [3.8, 4) is 0 Å². The second-order valence-electron chi connectivity index (χ2n) is 3.28. The van der Waals surface area contributed by atoms with Gasteiger partial charge in [-0.3, -0.25) is 4.79 Å². The number of nitrogens with one attached hydrogen (secondary N) is 2. The number of pyridine rings is 1. The van der Waals surface area contributed by atoms with Gasteiger partial charge in [-0.25, -0.2) is 4.39 Å². The van der Waals surface area contributed by atoms with E-state index in [0.717, 1.165) is 0 Å². The Labute approximate surface area is 104 Å². The normalized spacial score (nSPS) is 10.3. The van der Waals surface area contributed by atoms with E-state index < -0.39 is 17.2 Å². The Morgan fingerprint density at radius 3 is 2.65 bits per heavy atom. The largest absolute Gasteiger partial charge is 0.351 e. The lowest BCUT2D eigenvalue weighted by Gasteiger charge is -2.07. The molecule has 2 N–H and O–H groups in total. The minimum Gasteiger partial charge on any atom is -0.351 e. The Bertz CT molecular complexity index is 613.